The van der Waals surface area contributed by atoms with Gasteiger partial charge >= 0.3 is 6.18 Å². The highest BCUT2D eigenvalue weighted by Crippen LogP contribution is 2.31. The zero-order valence-electron chi connectivity index (χ0n) is 11.2. The third kappa shape index (κ3) is 4.19. The number of hydrogen-bond acceptors (Lipinski definition) is 2. The first-order chi connectivity index (χ1) is 9.98. The Bertz CT molecular complexity index is 650. The van der Waals surface area contributed by atoms with Crippen LogP contribution in [0.25, 0.3) is 0 Å². The van der Waals surface area contributed by atoms with Crippen molar-refractivity contribution in [3.63, 3.8) is 0 Å². The Morgan fingerprint density at radius 2 is 1.76 bits per heavy atom. The van der Waals surface area contributed by atoms with E-state index in [-0.39, 0.29) is 17.7 Å². The summed E-state index contributed by atoms with van der Waals surface area (Å²) in [6.45, 7) is 0.932. The van der Waals surface area contributed by atoms with Gasteiger partial charge in [0.25, 0.3) is 5.56 Å². The molecule has 0 spiro atoms. The maximum absolute atomic E-state index is 12.8. The molecule has 112 valence electrons. The fraction of sp³-hybridized carbons (Fsp3) is 0.267. The monoisotopic (exact) mass is 296 g/mol. The SMILES string of the molecule is O=c1ccccn1CCNCc1ccccc1C(F)(F)F. The minimum absolute atomic E-state index is 0.108. The van der Waals surface area contributed by atoms with Crippen LogP contribution in [-0.4, -0.2) is 11.1 Å². The van der Waals surface area contributed by atoms with Gasteiger partial charge in [-0.1, -0.05) is 24.3 Å². The molecule has 0 aliphatic carbocycles. The molecule has 0 fully saturated rings. The molecular formula is C15H15F3N2O. The van der Waals surface area contributed by atoms with Gasteiger partial charge in [-0.3, -0.25) is 4.79 Å². The lowest BCUT2D eigenvalue weighted by atomic mass is 10.1. The largest absolute Gasteiger partial charge is 0.416 e. The van der Waals surface area contributed by atoms with E-state index in [1.807, 2.05) is 0 Å². The average Bonchev–Trinajstić information content (AvgIpc) is 2.45. The minimum Gasteiger partial charge on any atom is -0.314 e. The van der Waals surface area contributed by atoms with Crippen LogP contribution in [0.1, 0.15) is 11.1 Å². The highest BCUT2D eigenvalue weighted by atomic mass is 19.4. The fourth-order valence-electron chi connectivity index (χ4n) is 2.02. The molecular weight excluding hydrogens is 281 g/mol. The third-order valence-corrected chi connectivity index (χ3v) is 3.07. The van der Waals surface area contributed by atoms with Gasteiger partial charge in [0, 0.05) is 31.9 Å². The Balaban J connectivity index is 1.93. The van der Waals surface area contributed by atoms with Crippen molar-refractivity contribution in [2.24, 2.45) is 0 Å². The molecule has 2 rings (SSSR count). The number of pyridine rings is 1. The van der Waals surface area contributed by atoms with Crippen LogP contribution in [0, 0.1) is 0 Å². The van der Waals surface area contributed by atoms with E-state index >= 15 is 0 Å². The second kappa shape index (κ2) is 6.58. The van der Waals surface area contributed by atoms with Crippen molar-refractivity contribution in [1.82, 2.24) is 9.88 Å². The zero-order valence-corrected chi connectivity index (χ0v) is 11.2. The number of alkyl halides is 3. The van der Waals surface area contributed by atoms with Gasteiger partial charge in [0.15, 0.2) is 0 Å². The highest BCUT2D eigenvalue weighted by Gasteiger charge is 2.32. The molecule has 6 heteroatoms. The molecule has 1 N–H and O–H groups in total. The van der Waals surface area contributed by atoms with Crippen LogP contribution < -0.4 is 10.9 Å². The standard InChI is InChI=1S/C15H15F3N2O/c16-15(17,18)13-6-2-1-5-12(13)11-19-8-10-20-9-4-3-7-14(20)21/h1-7,9,19H,8,10-11H2. The molecule has 0 aliphatic heterocycles. The molecule has 21 heavy (non-hydrogen) atoms. The molecule has 0 saturated heterocycles. The molecule has 1 heterocycles. The highest BCUT2D eigenvalue weighted by molar-refractivity contribution is 5.29. The van der Waals surface area contributed by atoms with Crippen molar-refractivity contribution >= 4 is 0 Å². The molecule has 0 bridgehead atoms. The molecule has 0 radical (unpaired) electrons. The van der Waals surface area contributed by atoms with Gasteiger partial charge in [-0.15, -0.1) is 0 Å². The average molecular weight is 296 g/mol. The van der Waals surface area contributed by atoms with Crippen molar-refractivity contribution in [3.05, 3.63) is 70.1 Å². The van der Waals surface area contributed by atoms with E-state index in [1.165, 1.54) is 22.8 Å². The number of hydrogen-bond donors (Lipinski definition) is 1. The summed E-state index contributed by atoms with van der Waals surface area (Å²) in [5.41, 5.74) is -0.560. The van der Waals surface area contributed by atoms with Crippen LogP contribution in [-0.2, 0) is 19.3 Å². The lowest BCUT2D eigenvalue weighted by Crippen LogP contribution is -2.26. The number of benzene rings is 1. The minimum atomic E-state index is -4.35. The number of nitrogens with one attached hydrogen (secondary N) is 1. The Kier molecular flexibility index (Phi) is 4.80. The second-order valence-corrected chi connectivity index (χ2v) is 4.56. The van der Waals surface area contributed by atoms with Crippen molar-refractivity contribution in [2.45, 2.75) is 19.3 Å². The summed E-state index contributed by atoms with van der Waals surface area (Å²) in [5.74, 6) is 0. The predicted molar refractivity (Wildman–Crippen MR) is 73.9 cm³/mol. The lowest BCUT2D eigenvalue weighted by Gasteiger charge is -2.13. The molecule has 0 saturated carbocycles. The molecule has 0 atom stereocenters. The van der Waals surface area contributed by atoms with Gasteiger partial charge in [-0.2, -0.15) is 13.2 Å². The molecule has 0 amide bonds. The number of halogens is 3. The van der Waals surface area contributed by atoms with E-state index in [4.69, 9.17) is 0 Å². The van der Waals surface area contributed by atoms with Crippen LogP contribution in [0.5, 0.6) is 0 Å². The van der Waals surface area contributed by atoms with Crippen LogP contribution in [0.15, 0.2) is 53.5 Å². The van der Waals surface area contributed by atoms with Gasteiger partial charge in [0.2, 0.25) is 0 Å². The quantitative estimate of drug-likeness (QED) is 0.861. The normalized spacial score (nSPS) is 11.6. The summed E-state index contributed by atoms with van der Waals surface area (Å²) >= 11 is 0. The van der Waals surface area contributed by atoms with Crippen molar-refractivity contribution in [3.8, 4) is 0 Å². The number of aromatic nitrogens is 1. The molecule has 0 aliphatic rings. The van der Waals surface area contributed by atoms with E-state index in [0.29, 0.717) is 13.1 Å². The van der Waals surface area contributed by atoms with Crippen LogP contribution in [0.2, 0.25) is 0 Å². The first kappa shape index (κ1) is 15.3. The van der Waals surface area contributed by atoms with Gasteiger partial charge in [0.1, 0.15) is 0 Å². The predicted octanol–water partition coefficient (Wildman–Crippen LogP) is 2.66. The molecule has 1 aromatic heterocycles. The third-order valence-electron chi connectivity index (χ3n) is 3.07. The van der Waals surface area contributed by atoms with Gasteiger partial charge in [-0.05, 0) is 17.7 Å². The Labute approximate surface area is 120 Å². The summed E-state index contributed by atoms with van der Waals surface area (Å²) < 4.78 is 39.9. The summed E-state index contributed by atoms with van der Waals surface area (Å²) in [6, 6.07) is 10.3. The van der Waals surface area contributed by atoms with Gasteiger partial charge < -0.3 is 9.88 Å². The van der Waals surface area contributed by atoms with Gasteiger partial charge in [0.05, 0.1) is 5.56 Å². The smallest absolute Gasteiger partial charge is 0.314 e. The summed E-state index contributed by atoms with van der Waals surface area (Å²) in [5, 5.41) is 2.93. The van der Waals surface area contributed by atoms with Gasteiger partial charge in [-0.25, -0.2) is 0 Å². The zero-order chi connectivity index (χ0) is 15.3. The summed E-state index contributed by atoms with van der Waals surface area (Å²) in [6.07, 6.45) is -2.71. The maximum Gasteiger partial charge on any atom is 0.416 e. The van der Waals surface area contributed by atoms with Crippen molar-refractivity contribution < 1.29 is 13.2 Å². The summed E-state index contributed by atoms with van der Waals surface area (Å²) in [4.78, 5) is 11.5. The summed E-state index contributed by atoms with van der Waals surface area (Å²) in [7, 11) is 0. The second-order valence-electron chi connectivity index (χ2n) is 4.56. The van der Waals surface area contributed by atoms with Crippen molar-refractivity contribution in [2.75, 3.05) is 6.54 Å². The van der Waals surface area contributed by atoms with E-state index in [9.17, 15) is 18.0 Å². The number of rotatable bonds is 5. The van der Waals surface area contributed by atoms with Crippen LogP contribution in [0.4, 0.5) is 13.2 Å². The Morgan fingerprint density at radius 1 is 1.05 bits per heavy atom. The molecule has 3 nitrogen and oxygen atoms in total. The first-order valence-corrected chi connectivity index (χ1v) is 6.50. The molecule has 0 unspecified atom stereocenters. The first-order valence-electron chi connectivity index (χ1n) is 6.50. The topological polar surface area (TPSA) is 34.0 Å². The molecule has 1 aromatic carbocycles. The van der Waals surface area contributed by atoms with E-state index in [2.05, 4.69) is 5.32 Å². The Morgan fingerprint density at radius 3 is 2.48 bits per heavy atom. The fourth-order valence-corrected chi connectivity index (χ4v) is 2.02. The lowest BCUT2D eigenvalue weighted by molar-refractivity contribution is -0.138. The van der Waals surface area contributed by atoms with Crippen LogP contribution in [0.3, 0.4) is 0 Å². The number of nitrogens with zero attached hydrogens (tertiary/aromatic N) is 1. The van der Waals surface area contributed by atoms with Crippen LogP contribution >= 0.6 is 0 Å². The van der Waals surface area contributed by atoms with Crippen molar-refractivity contribution in [1.29, 1.82) is 0 Å². The van der Waals surface area contributed by atoms with E-state index < -0.39 is 11.7 Å². The Hall–Kier alpha value is -2.08. The maximum atomic E-state index is 12.8. The van der Waals surface area contributed by atoms with E-state index in [1.54, 1.807) is 24.4 Å². The van der Waals surface area contributed by atoms with E-state index in [0.717, 1.165) is 6.07 Å². The molecule has 2 aromatic rings.